The van der Waals surface area contributed by atoms with Gasteiger partial charge in [-0.2, -0.15) is 0 Å². The first-order chi connectivity index (χ1) is 12.5. The zero-order valence-electron chi connectivity index (χ0n) is 14.6. The third kappa shape index (κ3) is 4.04. The SMILES string of the molecule is Cc1ncc(COc2ccc3oc(C)c(CN[C@@H](CO)C(N)=O)c3c2)s1. The van der Waals surface area contributed by atoms with E-state index in [1.54, 1.807) is 11.3 Å². The van der Waals surface area contributed by atoms with Gasteiger partial charge in [-0.3, -0.25) is 10.1 Å². The average molecular weight is 375 g/mol. The van der Waals surface area contributed by atoms with Crippen LogP contribution in [0, 0.1) is 13.8 Å². The van der Waals surface area contributed by atoms with Gasteiger partial charge in [0.25, 0.3) is 0 Å². The number of carbonyl (C=O) groups excluding carboxylic acids is 1. The number of aryl methyl sites for hydroxylation is 2. The third-order valence-corrected chi connectivity index (χ3v) is 4.95. The summed E-state index contributed by atoms with van der Waals surface area (Å²) in [4.78, 5) is 16.5. The number of benzene rings is 1. The highest BCUT2D eigenvalue weighted by Gasteiger charge is 2.17. The number of rotatable bonds is 8. The molecule has 0 saturated heterocycles. The number of nitrogens with two attached hydrogens (primary N) is 1. The molecule has 0 aliphatic rings. The second-order valence-corrected chi connectivity index (χ2v) is 7.27. The molecule has 3 aromatic rings. The van der Waals surface area contributed by atoms with Crippen molar-refractivity contribution in [3.63, 3.8) is 0 Å². The lowest BCUT2D eigenvalue weighted by molar-refractivity contribution is -0.120. The molecule has 7 nitrogen and oxygen atoms in total. The Morgan fingerprint density at radius 3 is 2.92 bits per heavy atom. The van der Waals surface area contributed by atoms with Gasteiger partial charge in [-0.1, -0.05) is 0 Å². The van der Waals surface area contributed by atoms with E-state index in [4.69, 9.17) is 14.9 Å². The number of amides is 1. The summed E-state index contributed by atoms with van der Waals surface area (Å²) in [6.45, 7) is 4.27. The first-order valence-electron chi connectivity index (χ1n) is 8.17. The van der Waals surface area contributed by atoms with Crippen LogP contribution in [0.5, 0.6) is 5.75 Å². The van der Waals surface area contributed by atoms with E-state index in [9.17, 15) is 9.90 Å². The number of aliphatic hydroxyl groups excluding tert-OH is 1. The number of nitrogens with zero attached hydrogens (tertiary/aromatic N) is 1. The molecular formula is C18H21N3O4S. The molecule has 1 aromatic carbocycles. The highest BCUT2D eigenvalue weighted by molar-refractivity contribution is 7.11. The Bertz CT molecular complexity index is 918. The predicted octanol–water partition coefficient (Wildman–Crippen LogP) is 2.02. The molecule has 0 bridgehead atoms. The summed E-state index contributed by atoms with van der Waals surface area (Å²) in [6, 6.07) is 4.83. The molecule has 1 atom stereocenters. The van der Waals surface area contributed by atoms with Gasteiger partial charge in [0.1, 0.15) is 29.7 Å². The van der Waals surface area contributed by atoms with Crippen molar-refractivity contribution in [2.45, 2.75) is 33.0 Å². The Morgan fingerprint density at radius 2 is 2.27 bits per heavy atom. The van der Waals surface area contributed by atoms with Crippen molar-refractivity contribution in [1.82, 2.24) is 10.3 Å². The fourth-order valence-corrected chi connectivity index (χ4v) is 3.37. The van der Waals surface area contributed by atoms with Crippen LogP contribution in [0.3, 0.4) is 0 Å². The van der Waals surface area contributed by atoms with Crippen LogP contribution in [-0.4, -0.2) is 28.6 Å². The molecule has 8 heteroatoms. The minimum atomic E-state index is -0.798. The lowest BCUT2D eigenvalue weighted by atomic mass is 10.1. The van der Waals surface area contributed by atoms with Gasteiger partial charge in [0.05, 0.1) is 16.5 Å². The Kier molecular flexibility index (Phi) is 5.55. The number of carbonyl (C=O) groups is 1. The van der Waals surface area contributed by atoms with Gasteiger partial charge in [0.15, 0.2) is 0 Å². The molecule has 0 aliphatic heterocycles. The van der Waals surface area contributed by atoms with Gasteiger partial charge in [0, 0.05) is 23.7 Å². The predicted molar refractivity (Wildman–Crippen MR) is 99.0 cm³/mol. The topological polar surface area (TPSA) is 111 Å². The summed E-state index contributed by atoms with van der Waals surface area (Å²) < 4.78 is 11.6. The molecule has 0 spiro atoms. The van der Waals surface area contributed by atoms with Crippen molar-refractivity contribution < 1.29 is 19.1 Å². The molecule has 3 rings (SSSR count). The quantitative estimate of drug-likeness (QED) is 0.555. The number of hydrogen-bond donors (Lipinski definition) is 3. The summed E-state index contributed by atoms with van der Waals surface area (Å²) in [5.74, 6) is 0.866. The summed E-state index contributed by atoms with van der Waals surface area (Å²) in [5, 5.41) is 14.1. The molecule has 0 fully saturated rings. The van der Waals surface area contributed by atoms with E-state index < -0.39 is 11.9 Å². The Morgan fingerprint density at radius 1 is 1.46 bits per heavy atom. The summed E-state index contributed by atoms with van der Waals surface area (Å²) in [7, 11) is 0. The first kappa shape index (κ1) is 18.4. The van der Waals surface area contributed by atoms with Crippen LogP contribution in [0.2, 0.25) is 0 Å². The van der Waals surface area contributed by atoms with E-state index in [1.807, 2.05) is 38.2 Å². The molecule has 26 heavy (non-hydrogen) atoms. The van der Waals surface area contributed by atoms with Gasteiger partial charge in [-0.25, -0.2) is 4.98 Å². The number of thiazole rings is 1. The fourth-order valence-electron chi connectivity index (χ4n) is 2.67. The van der Waals surface area contributed by atoms with Crippen molar-refractivity contribution >= 4 is 28.2 Å². The first-order valence-corrected chi connectivity index (χ1v) is 8.99. The summed E-state index contributed by atoms with van der Waals surface area (Å²) in [5.41, 5.74) is 6.89. The standard InChI is InChI=1S/C18H21N3O4S/c1-10-15(7-21-16(8-22)18(19)23)14-5-12(3-4-17(14)25-10)24-9-13-6-20-11(2)26-13/h3-6,16,21-22H,7-9H2,1-2H3,(H2,19,23)/t16-/m0/s1. The van der Waals surface area contributed by atoms with Gasteiger partial charge >= 0.3 is 0 Å². The number of ether oxygens (including phenoxy) is 1. The second-order valence-electron chi connectivity index (χ2n) is 5.95. The van der Waals surface area contributed by atoms with Crippen LogP contribution >= 0.6 is 11.3 Å². The molecule has 4 N–H and O–H groups in total. The van der Waals surface area contributed by atoms with Crippen LogP contribution in [0.4, 0.5) is 0 Å². The van der Waals surface area contributed by atoms with Crippen molar-refractivity contribution in [2.75, 3.05) is 6.61 Å². The number of aromatic nitrogens is 1. The van der Waals surface area contributed by atoms with Crippen LogP contribution in [0.1, 0.15) is 21.2 Å². The molecule has 1 amide bonds. The fraction of sp³-hybridized carbons (Fsp3) is 0.333. The van der Waals surface area contributed by atoms with Crippen molar-refractivity contribution in [2.24, 2.45) is 5.73 Å². The summed E-state index contributed by atoms with van der Waals surface area (Å²) >= 11 is 1.60. The lowest BCUT2D eigenvalue weighted by Gasteiger charge is -2.12. The molecule has 2 heterocycles. The maximum absolute atomic E-state index is 11.3. The van der Waals surface area contributed by atoms with Crippen LogP contribution in [0.25, 0.3) is 11.0 Å². The maximum atomic E-state index is 11.3. The molecule has 2 aromatic heterocycles. The number of hydrogen-bond acceptors (Lipinski definition) is 7. The van der Waals surface area contributed by atoms with E-state index in [-0.39, 0.29) is 6.61 Å². The highest BCUT2D eigenvalue weighted by atomic mass is 32.1. The van der Waals surface area contributed by atoms with E-state index >= 15 is 0 Å². The van der Waals surface area contributed by atoms with Crippen LogP contribution < -0.4 is 15.8 Å². The largest absolute Gasteiger partial charge is 0.488 e. The zero-order chi connectivity index (χ0) is 18.7. The smallest absolute Gasteiger partial charge is 0.236 e. The number of furan rings is 1. The van der Waals surface area contributed by atoms with Crippen molar-refractivity contribution in [1.29, 1.82) is 0 Å². The van der Waals surface area contributed by atoms with E-state index in [2.05, 4.69) is 10.3 Å². The van der Waals surface area contributed by atoms with Crippen molar-refractivity contribution in [3.8, 4) is 5.75 Å². The van der Waals surface area contributed by atoms with E-state index in [0.29, 0.717) is 13.2 Å². The van der Waals surface area contributed by atoms with Crippen LogP contribution in [-0.2, 0) is 17.9 Å². The molecule has 138 valence electrons. The minimum absolute atomic E-state index is 0.352. The number of fused-ring (bicyclic) bond motifs is 1. The number of aliphatic hydroxyl groups is 1. The molecule has 0 radical (unpaired) electrons. The molecule has 0 aliphatic carbocycles. The van der Waals surface area contributed by atoms with Gasteiger partial charge in [0.2, 0.25) is 5.91 Å². The van der Waals surface area contributed by atoms with E-state index in [0.717, 1.165) is 37.9 Å². The Balaban J connectivity index is 1.77. The Labute approximate surface area is 154 Å². The average Bonchev–Trinajstić information content (AvgIpc) is 3.16. The lowest BCUT2D eigenvalue weighted by Crippen LogP contribution is -2.43. The van der Waals surface area contributed by atoms with Gasteiger partial charge in [-0.15, -0.1) is 11.3 Å². The Hall–Kier alpha value is -2.42. The van der Waals surface area contributed by atoms with Gasteiger partial charge < -0.3 is 20.0 Å². The van der Waals surface area contributed by atoms with E-state index in [1.165, 1.54) is 0 Å². The van der Waals surface area contributed by atoms with Crippen LogP contribution in [0.15, 0.2) is 28.8 Å². The molecule has 0 unspecified atom stereocenters. The second kappa shape index (κ2) is 7.86. The highest BCUT2D eigenvalue weighted by Crippen LogP contribution is 2.29. The monoisotopic (exact) mass is 375 g/mol. The summed E-state index contributed by atoms with van der Waals surface area (Å²) in [6.07, 6.45) is 1.81. The zero-order valence-corrected chi connectivity index (χ0v) is 15.4. The molecule has 0 saturated carbocycles. The number of nitrogens with one attached hydrogen (secondary N) is 1. The number of primary amides is 1. The molecular weight excluding hydrogens is 354 g/mol. The maximum Gasteiger partial charge on any atom is 0.236 e. The third-order valence-electron chi connectivity index (χ3n) is 4.07. The normalized spacial score (nSPS) is 12.4. The minimum Gasteiger partial charge on any atom is -0.488 e. The van der Waals surface area contributed by atoms with Gasteiger partial charge in [-0.05, 0) is 32.0 Å². The van der Waals surface area contributed by atoms with Crippen molar-refractivity contribution in [3.05, 3.63) is 45.6 Å².